The molecule has 0 unspecified atom stereocenters. The number of aryl methyl sites for hydroxylation is 4. The van der Waals surface area contributed by atoms with Gasteiger partial charge in [-0.15, -0.1) is 0 Å². The number of rotatable bonds is 5. The number of nitrogens with one attached hydrogen (secondary N) is 1. The molecule has 2 aromatic heterocycles. The third-order valence-electron chi connectivity index (χ3n) is 5.27. The van der Waals surface area contributed by atoms with Crippen molar-refractivity contribution < 1.29 is 13.2 Å². The Hall–Kier alpha value is -3.39. The van der Waals surface area contributed by atoms with Crippen LogP contribution < -0.4 is 9.46 Å². The fourth-order valence-corrected chi connectivity index (χ4v) is 4.78. The molecule has 8 heteroatoms. The molecule has 160 valence electrons. The zero-order valence-corrected chi connectivity index (χ0v) is 18.9. The molecule has 0 bridgehead atoms. The summed E-state index contributed by atoms with van der Waals surface area (Å²) in [6.07, 6.45) is 0. The highest BCUT2D eigenvalue weighted by molar-refractivity contribution is 7.92. The number of anilines is 1. The summed E-state index contributed by atoms with van der Waals surface area (Å²) in [6.45, 7) is 7.57. The molecule has 0 atom stereocenters. The van der Waals surface area contributed by atoms with Gasteiger partial charge in [-0.3, -0.25) is 4.72 Å². The van der Waals surface area contributed by atoms with Gasteiger partial charge >= 0.3 is 0 Å². The first kappa shape index (κ1) is 20.9. The molecular formula is C23H24N4O3S. The molecule has 0 amide bonds. The highest BCUT2D eigenvalue weighted by Gasteiger charge is 2.23. The van der Waals surface area contributed by atoms with Gasteiger partial charge in [-0.2, -0.15) is 9.78 Å². The van der Waals surface area contributed by atoms with Crippen molar-refractivity contribution in [2.45, 2.75) is 32.6 Å². The van der Waals surface area contributed by atoms with Crippen molar-refractivity contribution in [3.8, 4) is 11.6 Å². The third-order valence-corrected chi connectivity index (χ3v) is 6.64. The van der Waals surface area contributed by atoms with Crippen molar-refractivity contribution in [1.29, 1.82) is 0 Å². The molecule has 1 N–H and O–H groups in total. The van der Waals surface area contributed by atoms with E-state index in [9.17, 15) is 8.42 Å². The quantitative estimate of drug-likeness (QED) is 0.499. The second kappa shape index (κ2) is 7.70. The summed E-state index contributed by atoms with van der Waals surface area (Å²) in [5.74, 6) is 1.13. The second-order valence-electron chi connectivity index (χ2n) is 7.59. The summed E-state index contributed by atoms with van der Waals surface area (Å²) in [6, 6.07) is 14.7. The van der Waals surface area contributed by atoms with Gasteiger partial charge in [0, 0.05) is 11.5 Å². The number of fused-ring (bicyclic) bond motifs is 1. The fourth-order valence-electron chi connectivity index (χ4n) is 3.51. The number of hydrogen-bond acceptors (Lipinski definition) is 5. The molecular weight excluding hydrogens is 412 g/mol. The number of para-hydroxylation sites is 1. The first-order valence-corrected chi connectivity index (χ1v) is 11.3. The summed E-state index contributed by atoms with van der Waals surface area (Å²) < 4.78 is 36.0. The van der Waals surface area contributed by atoms with E-state index in [-0.39, 0.29) is 10.6 Å². The highest BCUT2D eigenvalue weighted by atomic mass is 32.2. The van der Waals surface area contributed by atoms with Crippen LogP contribution in [0.4, 0.5) is 5.82 Å². The van der Waals surface area contributed by atoms with Gasteiger partial charge in [0.15, 0.2) is 5.82 Å². The molecule has 0 fully saturated rings. The van der Waals surface area contributed by atoms with E-state index < -0.39 is 10.0 Å². The van der Waals surface area contributed by atoms with Crippen LogP contribution in [0.5, 0.6) is 5.75 Å². The monoisotopic (exact) mass is 436 g/mol. The Kier molecular flexibility index (Phi) is 5.18. The summed E-state index contributed by atoms with van der Waals surface area (Å²) in [4.78, 5) is 4.76. The molecule has 0 spiro atoms. The molecule has 31 heavy (non-hydrogen) atoms. The van der Waals surface area contributed by atoms with Crippen molar-refractivity contribution in [3.05, 3.63) is 70.9 Å². The summed E-state index contributed by atoms with van der Waals surface area (Å²) in [7, 11) is -2.47. The molecule has 4 rings (SSSR count). The number of ether oxygens (including phenoxy) is 1. The standard InChI is InChI=1S/C23H24N4O3S/c1-14-10-20(30-5)21(11-15(14)2)31(28,29)26-23-13-17(4)25-27(23)22-12-16(3)18-8-6-7-9-19(18)24-22/h6-13,26H,1-5H3. The largest absolute Gasteiger partial charge is 0.495 e. The SMILES string of the molecule is COc1cc(C)c(C)cc1S(=O)(=O)Nc1cc(C)nn1-c1cc(C)c2ccccc2n1. The minimum absolute atomic E-state index is 0.0751. The zero-order valence-electron chi connectivity index (χ0n) is 18.1. The van der Waals surface area contributed by atoms with E-state index in [2.05, 4.69) is 14.8 Å². The van der Waals surface area contributed by atoms with E-state index in [0.717, 1.165) is 27.6 Å². The zero-order chi connectivity index (χ0) is 22.3. The molecule has 0 aliphatic carbocycles. The number of nitrogens with zero attached hydrogens (tertiary/aromatic N) is 3. The molecule has 2 heterocycles. The number of benzene rings is 2. The Morgan fingerprint density at radius 3 is 2.39 bits per heavy atom. The van der Waals surface area contributed by atoms with E-state index in [4.69, 9.17) is 4.74 Å². The molecule has 0 aliphatic heterocycles. The molecule has 0 aliphatic rings. The Bertz CT molecular complexity index is 1410. The predicted molar refractivity (Wildman–Crippen MR) is 122 cm³/mol. The number of hydrogen-bond donors (Lipinski definition) is 1. The van der Waals surface area contributed by atoms with E-state index in [0.29, 0.717) is 17.3 Å². The Labute approximate surface area is 181 Å². The number of aromatic nitrogens is 3. The van der Waals surface area contributed by atoms with Gasteiger partial charge in [0.2, 0.25) is 0 Å². The van der Waals surface area contributed by atoms with E-state index in [1.54, 1.807) is 25.1 Å². The molecule has 0 saturated carbocycles. The maximum atomic E-state index is 13.3. The van der Waals surface area contributed by atoms with E-state index in [1.807, 2.05) is 51.1 Å². The van der Waals surface area contributed by atoms with Crippen LogP contribution >= 0.6 is 0 Å². The first-order chi connectivity index (χ1) is 14.7. The topological polar surface area (TPSA) is 86.1 Å². The van der Waals surface area contributed by atoms with Crippen molar-refractivity contribution >= 4 is 26.7 Å². The van der Waals surface area contributed by atoms with Gasteiger partial charge < -0.3 is 4.74 Å². The van der Waals surface area contributed by atoms with Gasteiger partial charge in [0.25, 0.3) is 10.0 Å². The van der Waals surface area contributed by atoms with Crippen LogP contribution in [-0.4, -0.2) is 30.3 Å². The lowest BCUT2D eigenvalue weighted by Crippen LogP contribution is -2.17. The summed E-state index contributed by atoms with van der Waals surface area (Å²) >= 11 is 0. The van der Waals surface area contributed by atoms with Crippen molar-refractivity contribution in [2.75, 3.05) is 11.8 Å². The van der Waals surface area contributed by atoms with Crippen molar-refractivity contribution in [1.82, 2.24) is 14.8 Å². The van der Waals surface area contributed by atoms with Gasteiger partial charge in [0.1, 0.15) is 16.5 Å². The normalized spacial score (nSPS) is 11.6. The van der Waals surface area contributed by atoms with E-state index >= 15 is 0 Å². The van der Waals surface area contributed by atoms with Crippen LogP contribution in [-0.2, 0) is 10.0 Å². The maximum Gasteiger partial charge on any atom is 0.266 e. The van der Waals surface area contributed by atoms with Gasteiger partial charge in [-0.05, 0) is 68.7 Å². The van der Waals surface area contributed by atoms with Crippen LogP contribution in [0.25, 0.3) is 16.7 Å². The third kappa shape index (κ3) is 3.86. The molecule has 4 aromatic rings. The maximum absolute atomic E-state index is 13.3. The smallest absolute Gasteiger partial charge is 0.266 e. The number of methoxy groups -OCH3 is 1. The number of sulfonamides is 1. The molecule has 0 saturated heterocycles. The molecule has 0 radical (unpaired) electrons. The van der Waals surface area contributed by atoms with Crippen LogP contribution in [0, 0.1) is 27.7 Å². The lowest BCUT2D eigenvalue weighted by molar-refractivity contribution is 0.402. The van der Waals surface area contributed by atoms with Gasteiger partial charge in [0.05, 0.1) is 18.3 Å². The predicted octanol–water partition coefficient (Wildman–Crippen LogP) is 4.46. The van der Waals surface area contributed by atoms with Crippen LogP contribution in [0.3, 0.4) is 0 Å². The summed E-state index contributed by atoms with van der Waals surface area (Å²) in [5, 5.41) is 5.52. The van der Waals surface area contributed by atoms with Crippen LogP contribution in [0.2, 0.25) is 0 Å². The van der Waals surface area contributed by atoms with Crippen LogP contribution in [0.15, 0.2) is 53.4 Å². The Morgan fingerprint density at radius 1 is 0.935 bits per heavy atom. The van der Waals surface area contributed by atoms with E-state index in [1.165, 1.54) is 11.8 Å². The average Bonchev–Trinajstić information content (AvgIpc) is 3.09. The minimum Gasteiger partial charge on any atom is -0.495 e. The fraction of sp³-hybridized carbons (Fsp3) is 0.217. The highest BCUT2D eigenvalue weighted by Crippen LogP contribution is 2.30. The Balaban J connectivity index is 1.81. The first-order valence-electron chi connectivity index (χ1n) is 9.81. The lowest BCUT2D eigenvalue weighted by Gasteiger charge is -2.15. The van der Waals surface area contributed by atoms with Crippen molar-refractivity contribution in [2.24, 2.45) is 0 Å². The molecule has 2 aromatic carbocycles. The van der Waals surface area contributed by atoms with Crippen LogP contribution in [0.1, 0.15) is 22.4 Å². The van der Waals surface area contributed by atoms with Gasteiger partial charge in [-0.1, -0.05) is 18.2 Å². The Morgan fingerprint density at radius 2 is 1.65 bits per heavy atom. The second-order valence-corrected chi connectivity index (χ2v) is 9.24. The average molecular weight is 437 g/mol. The lowest BCUT2D eigenvalue weighted by atomic mass is 10.1. The molecule has 7 nitrogen and oxygen atoms in total. The van der Waals surface area contributed by atoms with Gasteiger partial charge in [-0.25, -0.2) is 13.4 Å². The minimum atomic E-state index is -3.93. The van der Waals surface area contributed by atoms with Crippen molar-refractivity contribution in [3.63, 3.8) is 0 Å². The number of pyridine rings is 1. The summed E-state index contributed by atoms with van der Waals surface area (Å²) in [5.41, 5.74) is 4.32.